The minimum atomic E-state index is -0.483. The van der Waals surface area contributed by atoms with E-state index in [2.05, 4.69) is 71.1 Å². The lowest BCUT2D eigenvalue weighted by molar-refractivity contribution is 0.00814. The topological polar surface area (TPSA) is 46.9 Å². The first-order valence-corrected chi connectivity index (χ1v) is 13.1. The summed E-state index contributed by atoms with van der Waals surface area (Å²) in [4.78, 5) is 2.19. The molecule has 1 N–H and O–H groups in total. The van der Waals surface area contributed by atoms with Gasteiger partial charge in [0.1, 0.15) is 17.7 Å². The molecule has 0 amide bonds. The van der Waals surface area contributed by atoms with Crippen molar-refractivity contribution in [3.8, 4) is 11.5 Å². The molecule has 1 aromatic heterocycles. The van der Waals surface area contributed by atoms with Crippen LogP contribution in [-0.2, 0) is 6.54 Å². The maximum atomic E-state index is 11.0. The van der Waals surface area contributed by atoms with E-state index >= 15 is 0 Å². The molecular formula is C32H36N2O3. The van der Waals surface area contributed by atoms with Crippen molar-refractivity contribution in [3.63, 3.8) is 0 Å². The standard InChI is InChI=1S/C32H36N2O3/c1-4-27(32(23-11-15-25(36-2)16-12-23)24-13-17-26(37-3)18-14-24)29-21-34(30-10-6-5-9-28(29)30)22-31(35)33-19-7-8-20-33/h5-6,9-18,21,31,35H,4,7-8,19-20,22H2,1-3H3. The summed E-state index contributed by atoms with van der Waals surface area (Å²) >= 11 is 0. The fourth-order valence-electron chi connectivity index (χ4n) is 5.50. The third-order valence-electron chi connectivity index (χ3n) is 7.45. The minimum Gasteiger partial charge on any atom is -0.497 e. The lowest BCUT2D eigenvalue weighted by Crippen LogP contribution is -2.35. The van der Waals surface area contributed by atoms with Crippen LogP contribution in [0.4, 0.5) is 0 Å². The van der Waals surface area contributed by atoms with Gasteiger partial charge in [-0.2, -0.15) is 0 Å². The van der Waals surface area contributed by atoms with E-state index in [0.717, 1.165) is 60.5 Å². The van der Waals surface area contributed by atoms with Gasteiger partial charge in [0.05, 0.1) is 20.8 Å². The molecule has 5 nitrogen and oxygen atoms in total. The zero-order valence-corrected chi connectivity index (χ0v) is 22.0. The lowest BCUT2D eigenvalue weighted by Gasteiger charge is -2.23. The van der Waals surface area contributed by atoms with E-state index in [1.165, 1.54) is 22.1 Å². The average molecular weight is 497 g/mol. The molecule has 1 aliphatic heterocycles. The van der Waals surface area contributed by atoms with Crippen molar-refractivity contribution in [2.75, 3.05) is 27.3 Å². The van der Waals surface area contributed by atoms with Crippen molar-refractivity contribution in [2.45, 2.75) is 39.0 Å². The first-order chi connectivity index (χ1) is 18.1. The number of aromatic nitrogens is 1. The molecule has 0 aliphatic carbocycles. The largest absolute Gasteiger partial charge is 0.497 e. The number of likely N-dealkylation sites (tertiary alicyclic amines) is 1. The van der Waals surface area contributed by atoms with Crippen LogP contribution in [0, 0.1) is 0 Å². The van der Waals surface area contributed by atoms with Gasteiger partial charge in [-0.25, -0.2) is 0 Å². The summed E-state index contributed by atoms with van der Waals surface area (Å²) in [6.07, 6.45) is 4.92. The third kappa shape index (κ3) is 5.15. The number of hydrogen-bond acceptors (Lipinski definition) is 4. The van der Waals surface area contributed by atoms with Crippen molar-refractivity contribution in [1.82, 2.24) is 9.47 Å². The second-order valence-corrected chi connectivity index (χ2v) is 9.60. The van der Waals surface area contributed by atoms with Crippen molar-refractivity contribution in [1.29, 1.82) is 0 Å². The number of nitrogens with zero attached hydrogens (tertiary/aromatic N) is 2. The SMILES string of the molecule is CCC(=C(c1ccc(OC)cc1)c1ccc(OC)cc1)c1cn(CC(O)N2CCCC2)c2ccccc12. The first kappa shape index (κ1) is 25.1. The van der Waals surface area contributed by atoms with E-state index in [9.17, 15) is 5.11 Å². The van der Waals surface area contributed by atoms with Gasteiger partial charge < -0.3 is 19.1 Å². The number of hydrogen-bond donors (Lipinski definition) is 1. The average Bonchev–Trinajstić information content (AvgIpc) is 3.61. The van der Waals surface area contributed by atoms with Crippen LogP contribution < -0.4 is 9.47 Å². The molecule has 2 heterocycles. The van der Waals surface area contributed by atoms with E-state index in [4.69, 9.17) is 9.47 Å². The zero-order valence-electron chi connectivity index (χ0n) is 22.0. The molecule has 5 rings (SSSR count). The Morgan fingerprint density at radius 2 is 1.41 bits per heavy atom. The Bertz CT molecular complexity index is 1310. The predicted molar refractivity (Wildman–Crippen MR) is 151 cm³/mol. The molecule has 37 heavy (non-hydrogen) atoms. The van der Waals surface area contributed by atoms with Crippen LogP contribution in [0.1, 0.15) is 42.9 Å². The maximum Gasteiger partial charge on any atom is 0.125 e. The van der Waals surface area contributed by atoms with Crippen LogP contribution in [0.2, 0.25) is 0 Å². The number of fused-ring (bicyclic) bond motifs is 1. The highest BCUT2D eigenvalue weighted by molar-refractivity contribution is 6.05. The van der Waals surface area contributed by atoms with Gasteiger partial charge in [0.15, 0.2) is 0 Å². The highest BCUT2D eigenvalue weighted by atomic mass is 16.5. The van der Waals surface area contributed by atoms with Gasteiger partial charge in [-0.05, 0) is 71.9 Å². The third-order valence-corrected chi connectivity index (χ3v) is 7.45. The monoisotopic (exact) mass is 496 g/mol. The number of ether oxygens (including phenoxy) is 2. The van der Waals surface area contributed by atoms with Gasteiger partial charge >= 0.3 is 0 Å². The Morgan fingerprint density at radius 3 is 1.95 bits per heavy atom. The molecule has 1 saturated heterocycles. The number of benzene rings is 3. The van der Waals surface area contributed by atoms with E-state index in [1.807, 2.05) is 24.3 Å². The van der Waals surface area contributed by atoms with Gasteiger partial charge in [-0.3, -0.25) is 4.90 Å². The molecule has 1 atom stereocenters. The van der Waals surface area contributed by atoms with E-state index in [1.54, 1.807) is 14.2 Å². The van der Waals surface area contributed by atoms with Crippen LogP contribution in [0.25, 0.3) is 22.0 Å². The maximum absolute atomic E-state index is 11.0. The molecule has 0 radical (unpaired) electrons. The summed E-state index contributed by atoms with van der Waals surface area (Å²) in [6, 6.07) is 25.1. The lowest BCUT2D eigenvalue weighted by atomic mass is 9.88. The number of para-hydroxylation sites is 1. The summed E-state index contributed by atoms with van der Waals surface area (Å²) in [7, 11) is 3.39. The van der Waals surface area contributed by atoms with Crippen LogP contribution in [-0.4, -0.2) is 48.1 Å². The Hall–Kier alpha value is -3.54. The van der Waals surface area contributed by atoms with E-state index in [0.29, 0.717) is 6.54 Å². The van der Waals surface area contributed by atoms with Gasteiger partial charge in [0.25, 0.3) is 0 Å². The highest BCUT2D eigenvalue weighted by Crippen LogP contribution is 2.39. The summed E-state index contributed by atoms with van der Waals surface area (Å²) in [5.74, 6) is 1.67. The van der Waals surface area contributed by atoms with Gasteiger partial charge in [0.2, 0.25) is 0 Å². The zero-order chi connectivity index (χ0) is 25.8. The predicted octanol–water partition coefficient (Wildman–Crippen LogP) is 6.44. The van der Waals surface area contributed by atoms with Crippen LogP contribution in [0.5, 0.6) is 11.5 Å². The molecule has 3 aromatic carbocycles. The highest BCUT2D eigenvalue weighted by Gasteiger charge is 2.22. The van der Waals surface area contributed by atoms with Crippen LogP contribution in [0.3, 0.4) is 0 Å². The van der Waals surface area contributed by atoms with Gasteiger partial charge in [-0.15, -0.1) is 0 Å². The van der Waals surface area contributed by atoms with Gasteiger partial charge in [0, 0.05) is 35.8 Å². The number of allylic oxidation sites excluding steroid dienone is 1. The Kier molecular flexibility index (Phi) is 7.63. The molecule has 192 valence electrons. The molecule has 0 saturated carbocycles. The Balaban J connectivity index is 1.67. The summed E-state index contributed by atoms with van der Waals surface area (Å²) < 4.78 is 13.1. The molecule has 1 aliphatic rings. The molecular weight excluding hydrogens is 460 g/mol. The molecule has 0 spiro atoms. The van der Waals surface area contributed by atoms with Crippen LogP contribution in [0.15, 0.2) is 79.0 Å². The molecule has 0 bridgehead atoms. The minimum absolute atomic E-state index is 0.483. The summed E-state index contributed by atoms with van der Waals surface area (Å²) in [5, 5.41) is 12.2. The Morgan fingerprint density at radius 1 is 0.838 bits per heavy atom. The molecule has 1 fully saturated rings. The van der Waals surface area contributed by atoms with Crippen molar-refractivity contribution < 1.29 is 14.6 Å². The smallest absolute Gasteiger partial charge is 0.125 e. The number of aliphatic hydroxyl groups is 1. The Labute approximate surface area is 219 Å². The second-order valence-electron chi connectivity index (χ2n) is 9.60. The molecule has 4 aromatic rings. The van der Waals surface area contributed by atoms with E-state index < -0.39 is 6.23 Å². The summed E-state index contributed by atoms with van der Waals surface area (Å²) in [5.41, 5.74) is 7.07. The molecule has 1 unspecified atom stereocenters. The number of rotatable bonds is 9. The van der Waals surface area contributed by atoms with E-state index in [-0.39, 0.29) is 0 Å². The summed E-state index contributed by atoms with van der Waals surface area (Å²) in [6.45, 7) is 4.70. The fraction of sp³-hybridized carbons (Fsp3) is 0.312. The normalized spacial score (nSPS) is 14.6. The van der Waals surface area contributed by atoms with Crippen molar-refractivity contribution in [3.05, 3.63) is 95.7 Å². The van der Waals surface area contributed by atoms with Crippen LogP contribution >= 0.6 is 0 Å². The first-order valence-electron chi connectivity index (χ1n) is 13.1. The molecule has 5 heteroatoms. The van der Waals surface area contributed by atoms with Crippen molar-refractivity contribution in [2.24, 2.45) is 0 Å². The van der Waals surface area contributed by atoms with Crippen molar-refractivity contribution >= 4 is 22.0 Å². The number of methoxy groups -OCH3 is 2. The quantitative estimate of drug-likeness (QED) is 0.290. The number of aliphatic hydroxyl groups excluding tert-OH is 1. The van der Waals surface area contributed by atoms with Gasteiger partial charge in [-0.1, -0.05) is 49.4 Å². The fourth-order valence-corrected chi connectivity index (χ4v) is 5.50. The second kappa shape index (κ2) is 11.2.